The summed E-state index contributed by atoms with van der Waals surface area (Å²) in [6, 6.07) is 0.0693. The maximum atomic E-state index is 12.1. The van der Waals surface area contributed by atoms with Crippen LogP contribution in [0.2, 0.25) is 0 Å². The Bertz CT molecular complexity index is 314. The van der Waals surface area contributed by atoms with E-state index >= 15 is 0 Å². The van der Waals surface area contributed by atoms with Crippen LogP contribution in [0.4, 0.5) is 0 Å². The standard InChI is InChI=1S/C14H26N2O3/c1-5-19-13(17)9-16(12-6-7-12)11(4)14(18)15-8-10(2)3/h10-12H,5-9H2,1-4H3,(H,15,18). The van der Waals surface area contributed by atoms with Crippen molar-refractivity contribution in [3.05, 3.63) is 0 Å². The van der Waals surface area contributed by atoms with Gasteiger partial charge in [-0.2, -0.15) is 0 Å². The fourth-order valence-electron chi connectivity index (χ4n) is 1.95. The summed E-state index contributed by atoms with van der Waals surface area (Å²) in [5, 5.41) is 2.92. The van der Waals surface area contributed by atoms with Crippen LogP contribution in [0, 0.1) is 5.92 Å². The second kappa shape index (κ2) is 7.48. The number of esters is 1. The van der Waals surface area contributed by atoms with Crippen molar-refractivity contribution >= 4 is 11.9 Å². The maximum Gasteiger partial charge on any atom is 0.320 e. The Hall–Kier alpha value is -1.10. The van der Waals surface area contributed by atoms with Gasteiger partial charge in [0.15, 0.2) is 0 Å². The van der Waals surface area contributed by atoms with Gasteiger partial charge in [-0.1, -0.05) is 13.8 Å². The molecule has 0 aromatic rings. The molecule has 0 bridgehead atoms. The van der Waals surface area contributed by atoms with E-state index in [4.69, 9.17) is 4.74 Å². The van der Waals surface area contributed by atoms with Gasteiger partial charge in [-0.15, -0.1) is 0 Å². The number of rotatable bonds is 8. The SMILES string of the molecule is CCOC(=O)CN(C1CC1)C(C)C(=O)NCC(C)C. The van der Waals surface area contributed by atoms with Gasteiger partial charge in [0.25, 0.3) is 0 Å². The molecular formula is C14H26N2O3. The molecule has 1 N–H and O–H groups in total. The average molecular weight is 270 g/mol. The molecule has 0 radical (unpaired) electrons. The molecule has 1 aliphatic rings. The summed E-state index contributed by atoms with van der Waals surface area (Å²) in [6.45, 7) is 9.01. The highest BCUT2D eigenvalue weighted by molar-refractivity contribution is 5.82. The second-order valence-electron chi connectivity index (χ2n) is 5.52. The third-order valence-corrected chi connectivity index (χ3v) is 3.19. The fourth-order valence-corrected chi connectivity index (χ4v) is 1.95. The van der Waals surface area contributed by atoms with Crippen LogP contribution in [0.25, 0.3) is 0 Å². The van der Waals surface area contributed by atoms with E-state index in [1.54, 1.807) is 6.92 Å². The van der Waals surface area contributed by atoms with Crippen molar-refractivity contribution in [1.82, 2.24) is 10.2 Å². The molecule has 1 aliphatic carbocycles. The largest absolute Gasteiger partial charge is 0.465 e. The lowest BCUT2D eigenvalue weighted by molar-refractivity contribution is -0.145. The van der Waals surface area contributed by atoms with Crippen molar-refractivity contribution in [2.75, 3.05) is 19.7 Å². The van der Waals surface area contributed by atoms with E-state index in [-0.39, 0.29) is 24.5 Å². The zero-order valence-corrected chi connectivity index (χ0v) is 12.4. The van der Waals surface area contributed by atoms with Crippen molar-refractivity contribution < 1.29 is 14.3 Å². The molecule has 1 rings (SSSR count). The molecule has 0 aliphatic heterocycles. The quantitative estimate of drug-likeness (QED) is 0.673. The molecule has 0 heterocycles. The van der Waals surface area contributed by atoms with Crippen LogP contribution in [-0.4, -0.2) is 48.6 Å². The lowest BCUT2D eigenvalue weighted by Gasteiger charge is -2.27. The van der Waals surface area contributed by atoms with Gasteiger partial charge in [0.1, 0.15) is 0 Å². The van der Waals surface area contributed by atoms with Crippen LogP contribution in [0.5, 0.6) is 0 Å². The first-order chi connectivity index (χ1) is 8.95. The van der Waals surface area contributed by atoms with Crippen LogP contribution in [-0.2, 0) is 14.3 Å². The van der Waals surface area contributed by atoms with E-state index in [0.717, 1.165) is 12.8 Å². The average Bonchev–Trinajstić information content (AvgIpc) is 3.16. The van der Waals surface area contributed by atoms with Crippen molar-refractivity contribution in [3.8, 4) is 0 Å². The first-order valence-electron chi connectivity index (χ1n) is 7.14. The molecule has 0 aromatic carbocycles. The number of carbonyl (C=O) groups is 2. The molecule has 1 fully saturated rings. The predicted octanol–water partition coefficient (Wildman–Crippen LogP) is 1.17. The van der Waals surface area contributed by atoms with E-state index in [2.05, 4.69) is 19.2 Å². The highest BCUT2D eigenvalue weighted by Gasteiger charge is 2.36. The van der Waals surface area contributed by atoms with E-state index in [0.29, 0.717) is 25.1 Å². The van der Waals surface area contributed by atoms with Crippen molar-refractivity contribution in [1.29, 1.82) is 0 Å². The van der Waals surface area contributed by atoms with E-state index in [1.807, 2.05) is 11.8 Å². The molecule has 5 heteroatoms. The van der Waals surface area contributed by atoms with Crippen molar-refractivity contribution in [2.24, 2.45) is 5.92 Å². The molecule has 110 valence electrons. The monoisotopic (exact) mass is 270 g/mol. The van der Waals surface area contributed by atoms with Crippen molar-refractivity contribution in [2.45, 2.75) is 52.6 Å². The van der Waals surface area contributed by atoms with Gasteiger partial charge < -0.3 is 10.1 Å². The van der Waals surface area contributed by atoms with Crippen LogP contribution in [0.15, 0.2) is 0 Å². The second-order valence-corrected chi connectivity index (χ2v) is 5.52. The Balaban J connectivity index is 2.50. The molecule has 0 spiro atoms. The Labute approximate surface area is 115 Å². The molecule has 0 saturated heterocycles. The molecule has 1 amide bonds. The first-order valence-corrected chi connectivity index (χ1v) is 7.14. The summed E-state index contributed by atoms with van der Waals surface area (Å²) in [5.41, 5.74) is 0. The molecule has 5 nitrogen and oxygen atoms in total. The van der Waals surface area contributed by atoms with Crippen LogP contribution in [0.3, 0.4) is 0 Å². The van der Waals surface area contributed by atoms with Gasteiger partial charge in [-0.05, 0) is 32.6 Å². The highest BCUT2D eigenvalue weighted by atomic mass is 16.5. The molecule has 1 atom stereocenters. The van der Waals surface area contributed by atoms with E-state index in [9.17, 15) is 9.59 Å². The van der Waals surface area contributed by atoms with Crippen LogP contribution >= 0.6 is 0 Å². The summed E-state index contributed by atoms with van der Waals surface area (Å²) < 4.78 is 4.97. The summed E-state index contributed by atoms with van der Waals surface area (Å²) in [4.78, 5) is 25.6. The van der Waals surface area contributed by atoms with Gasteiger partial charge in [-0.25, -0.2) is 0 Å². The lowest BCUT2D eigenvalue weighted by Crippen LogP contribution is -2.49. The minimum atomic E-state index is -0.282. The molecule has 1 saturated carbocycles. The Morgan fingerprint density at radius 3 is 2.42 bits per heavy atom. The lowest BCUT2D eigenvalue weighted by atomic mass is 10.2. The zero-order chi connectivity index (χ0) is 14.4. The van der Waals surface area contributed by atoms with Gasteiger partial charge >= 0.3 is 5.97 Å². The highest BCUT2D eigenvalue weighted by Crippen LogP contribution is 2.28. The first kappa shape index (κ1) is 16.0. The number of nitrogens with one attached hydrogen (secondary N) is 1. The summed E-state index contributed by atoms with van der Waals surface area (Å²) in [7, 11) is 0. The fraction of sp³-hybridized carbons (Fsp3) is 0.857. The Morgan fingerprint density at radius 2 is 1.95 bits per heavy atom. The summed E-state index contributed by atoms with van der Waals surface area (Å²) >= 11 is 0. The number of hydrogen-bond donors (Lipinski definition) is 1. The van der Waals surface area contributed by atoms with Crippen LogP contribution < -0.4 is 5.32 Å². The van der Waals surface area contributed by atoms with E-state index in [1.165, 1.54) is 0 Å². The predicted molar refractivity (Wildman–Crippen MR) is 73.7 cm³/mol. The molecule has 0 aromatic heterocycles. The zero-order valence-electron chi connectivity index (χ0n) is 12.4. The Kier molecular flexibility index (Phi) is 6.28. The van der Waals surface area contributed by atoms with Crippen molar-refractivity contribution in [3.63, 3.8) is 0 Å². The third-order valence-electron chi connectivity index (χ3n) is 3.19. The van der Waals surface area contributed by atoms with Crippen LogP contribution in [0.1, 0.15) is 40.5 Å². The minimum absolute atomic E-state index is 0.00935. The normalized spacial score (nSPS) is 16.5. The summed E-state index contributed by atoms with van der Waals surface area (Å²) in [6.07, 6.45) is 2.11. The topological polar surface area (TPSA) is 58.6 Å². The number of amides is 1. The van der Waals surface area contributed by atoms with Gasteiger partial charge in [0.2, 0.25) is 5.91 Å². The van der Waals surface area contributed by atoms with E-state index < -0.39 is 0 Å². The van der Waals surface area contributed by atoms with Gasteiger partial charge in [-0.3, -0.25) is 14.5 Å². The smallest absolute Gasteiger partial charge is 0.320 e. The number of ether oxygens (including phenoxy) is 1. The molecular weight excluding hydrogens is 244 g/mol. The van der Waals surface area contributed by atoms with Gasteiger partial charge in [0, 0.05) is 12.6 Å². The third kappa shape index (κ3) is 5.59. The maximum absolute atomic E-state index is 12.1. The Morgan fingerprint density at radius 1 is 1.32 bits per heavy atom. The minimum Gasteiger partial charge on any atom is -0.465 e. The number of carbonyl (C=O) groups excluding carboxylic acids is 2. The number of nitrogens with zero attached hydrogens (tertiary/aromatic N) is 1. The molecule has 19 heavy (non-hydrogen) atoms. The van der Waals surface area contributed by atoms with Gasteiger partial charge in [0.05, 0.1) is 19.2 Å². The number of hydrogen-bond acceptors (Lipinski definition) is 4. The molecule has 1 unspecified atom stereocenters. The summed E-state index contributed by atoms with van der Waals surface area (Å²) in [5.74, 6) is 0.165.